The molecule has 0 aliphatic carbocycles. The summed E-state index contributed by atoms with van der Waals surface area (Å²) in [6.45, 7) is 5.13. The quantitative estimate of drug-likeness (QED) is 0.801. The number of hydrogen-bond acceptors (Lipinski definition) is 4. The van der Waals surface area contributed by atoms with Crippen LogP contribution in [-0.2, 0) is 17.8 Å². The molecule has 0 radical (unpaired) electrons. The Morgan fingerprint density at radius 3 is 2.80 bits per heavy atom. The van der Waals surface area contributed by atoms with Crippen molar-refractivity contribution < 1.29 is 4.79 Å². The number of benzene rings is 1. The summed E-state index contributed by atoms with van der Waals surface area (Å²) in [4.78, 5) is 12.4. The SMILES string of the molecule is CC[C@H](NC(=O)CSc1nnc2n1CCCCC2)c1ccc(C)cc1. The molecule has 2 aromatic rings. The van der Waals surface area contributed by atoms with Gasteiger partial charge in [0.25, 0.3) is 0 Å². The van der Waals surface area contributed by atoms with Crippen molar-refractivity contribution in [1.29, 1.82) is 0 Å². The van der Waals surface area contributed by atoms with Crippen molar-refractivity contribution in [3.8, 4) is 0 Å². The van der Waals surface area contributed by atoms with Gasteiger partial charge in [-0.3, -0.25) is 4.79 Å². The molecule has 2 heterocycles. The predicted octanol–water partition coefficient (Wildman–Crippen LogP) is 3.67. The van der Waals surface area contributed by atoms with Crippen LogP contribution in [0.25, 0.3) is 0 Å². The van der Waals surface area contributed by atoms with E-state index in [0.717, 1.165) is 42.4 Å². The van der Waals surface area contributed by atoms with Gasteiger partial charge < -0.3 is 9.88 Å². The first-order valence-corrected chi connectivity index (χ1v) is 10.1. The molecule has 1 N–H and O–H groups in total. The van der Waals surface area contributed by atoms with Crippen molar-refractivity contribution >= 4 is 17.7 Å². The van der Waals surface area contributed by atoms with Crippen molar-refractivity contribution in [2.45, 2.75) is 63.7 Å². The van der Waals surface area contributed by atoms with Gasteiger partial charge in [-0.1, -0.05) is 54.9 Å². The van der Waals surface area contributed by atoms with Crippen molar-refractivity contribution in [1.82, 2.24) is 20.1 Å². The molecular formula is C19H26N4OS. The molecule has 0 fully saturated rings. The molecule has 0 saturated carbocycles. The predicted molar refractivity (Wildman–Crippen MR) is 101 cm³/mol. The monoisotopic (exact) mass is 358 g/mol. The first-order chi connectivity index (χ1) is 12.2. The highest BCUT2D eigenvalue weighted by Gasteiger charge is 2.17. The van der Waals surface area contributed by atoms with Gasteiger partial charge in [0.15, 0.2) is 5.16 Å². The fraction of sp³-hybridized carbons (Fsp3) is 0.526. The number of nitrogens with one attached hydrogen (secondary N) is 1. The molecular weight excluding hydrogens is 332 g/mol. The average Bonchev–Trinajstić information content (AvgIpc) is 2.85. The van der Waals surface area contributed by atoms with Gasteiger partial charge in [0.05, 0.1) is 11.8 Å². The molecule has 1 aliphatic heterocycles. The maximum Gasteiger partial charge on any atom is 0.230 e. The lowest BCUT2D eigenvalue weighted by Gasteiger charge is -2.17. The van der Waals surface area contributed by atoms with Gasteiger partial charge in [-0.15, -0.1) is 10.2 Å². The van der Waals surface area contributed by atoms with Crippen LogP contribution in [0.1, 0.15) is 55.6 Å². The lowest BCUT2D eigenvalue weighted by Crippen LogP contribution is -2.29. The number of aromatic nitrogens is 3. The van der Waals surface area contributed by atoms with Gasteiger partial charge in [-0.05, 0) is 31.7 Å². The fourth-order valence-corrected chi connectivity index (χ4v) is 3.95. The second-order valence-corrected chi connectivity index (χ2v) is 7.53. The van der Waals surface area contributed by atoms with E-state index in [1.807, 2.05) is 0 Å². The Morgan fingerprint density at radius 1 is 1.24 bits per heavy atom. The zero-order chi connectivity index (χ0) is 17.6. The third-order valence-electron chi connectivity index (χ3n) is 4.63. The van der Waals surface area contributed by atoms with Crippen molar-refractivity contribution in [3.05, 3.63) is 41.2 Å². The van der Waals surface area contributed by atoms with Crippen molar-refractivity contribution in [3.63, 3.8) is 0 Å². The molecule has 25 heavy (non-hydrogen) atoms. The maximum absolute atomic E-state index is 12.4. The molecule has 0 saturated heterocycles. The summed E-state index contributed by atoms with van der Waals surface area (Å²) in [7, 11) is 0. The minimum atomic E-state index is 0.0448. The van der Waals surface area contributed by atoms with Crippen LogP contribution in [0.2, 0.25) is 0 Å². The molecule has 1 aromatic heterocycles. The summed E-state index contributed by atoms with van der Waals surface area (Å²) in [6.07, 6.45) is 5.45. The van der Waals surface area contributed by atoms with Gasteiger partial charge >= 0.3 is 0 Å². The van der Waals surface area contributed by atoms with Crippen LogP contribution in [0.15, 0.2) is 29.4 Å². The fourth-order valence-electron chi connectivity index (χ4n) is 3.15. The number of fused-ring (bicyclic) bond motifs is 1. The number of hydrogen-bond donors (Lipinski definition) is 1. The minimum absolute atomic E-state index is 0.0448. The van der Waals surface area contributed by atoms with Crippen LogP contribution in [0.4, 0.5) is 0 Å². The Bertz CT molecular complexity index is 711. The van der Waals surface area contributed by atoms with E-state index in [-0.39, 0.29) is 11.9 Å². The summed E-state index contributed by atoms with van der Waals surface area (Å²) < 4.78 is 2.18. The van der Waals surface area contributed by atoms with Gasteiger partial charge in [0.1, 0.15) is 5.82 Å². The van der Waals surface area contributed by atoms with Gasteiger partial charge in [0.2, 0.25) is 5.91 Å². The van der Waals surface area contributed by atoms with Crippen LogP contribution in [0.3, 0.4) is 0 Å². The number of carbonyl (C=O) groups is 1. The summed E-state index contributed by atoms with van der Waals surface area (Å²) in [5, 5.41) is 12.6. The minimum Gasteiger partial charge on any atom is -0.349 e. The molecule has 6 heteroatoms. The molecule has 1 aromatic carbocycles. The molecule has 3 rings (SSSR count). The highest BCUT2D eigenvalue weighted by Crippen LogP contribution is 2.22. The van der Waals surface area contributed by atoms with Crippen molar-refractivity contribution in [2.75, 3.05) is 5.75 Å². The Morgan fingerprint density at radius 2 is 2.04 bits per heavy atom. The number of nitrogens with zero attached hydrogens (tertiary/aromatic N) is 3. The smallest absolute Gasteiger partial charge is 0.230 e. The first kappa shape index (κ1) is 18.0. The maximum atomic E-state index is 12.4. The molecule has 0 unspecified atom stereocenters. The van der Waals surface area contributed by atoms with E-state index in [9.17, 15) is 4.79 Å². The normalized spacial score (nSPS) is 15.3. The lowest BCUT2D eigenvalue weighted by molar-refractivity contribution is -0.119. The summed E-state index contributed by atoms with van der Waals surface area (Å²) >= 11 is 1.49. The summed E-state index contributed by atoms with van der Waals surface area (Å²) in [5.74, 6) is 1.48. The van der Waals surface area contributed by atoms with E-state index in [4.69, 9.17) is 0 Å². The van der Waals surface area contributed by atoms with E-state index in [0.29, 0.717) is 5.75 Å². The molecule has 5 nitrogen and oxygen atoms in total. The van der Waals surface area contributed by atoms with Crippen LogP contribution in [-0.4, -0.2) is 26.4 Å². The van der Waals surface area contributed by atoms with E-state index in [1.54, 1.807) is 0 Å². The Balaban J connectivity index is 1.57. The van der Waals surface area contributed by atoms with Crippen molar-refractivity contribution in [2.24, 2.45) is 0 Å². The van der Waals surface area contributed by atoms with Crippen LogP contribution in [0.5, 0.6) is 0 Å². The van der Waals surface area contributed by atoms with E-state index in [2.05, 4.69) is 58.2 Å². The Kier molecular flexibility index (Phi) is 6.13. The molecule has 1 aliphatic rings. The molecule has 1 amide bonds. The highest BCUT2D eigenvalue weighted by molar-refractivity contribution is 7.99. The highest BCUT2D eigenvalue weighted by atomic mass is 32.2. The molecule has 1 atom stereocenters. The number of rotatable bonds is 6. The standard InChI is InChI=1S/C19H26N4OS/c1-3-16(15-10-8-14(2)9-11-15)20-18(24)13-25-19-22-21-17-7-5-4-6-12-23(17)19/h8-11,16H,3-7,12-13H2,1-2H3,(H,20,24)/t16-/m0/s1. The van der Waals surface area contributed by atoms with Gasteiger partial charge in [0, 0.05) is 13.0 Å². The largest absolute Gasteiger partial charge is 0.349 e. The molecule has 134 valence electrons. The molecule has 0 spiro atoms. The third kappa shape index (κ3) is 4.63. The van der Waals surface area contributed by atoms with Crippen LogP contribution >= 0.6 is 11.8 Å². The summed E-state index contributed by atoms with van der Waals surface area (Å²) in [5.41, 5.74) is 2.38. The molecule has 0 bridgehead atoms. The second-order valence-electron chi connectivity index (χ2n) is 6.59. The first-order valence-electron chi connectivity index (χ1n) is 9.08. The number of thioether (sulfide) groups is 1. The number of amides is 1. The Labute approximate surface area is 153 Å². The van der Waals surface area contributed by atoms with Crippen LogP contribution in [0, 0.1) is 6.92 Å². The van der Waals surface area contributed by atoms with E-state index in [1.165, 1.54) is 30.2 Å². The third-order valence-corrected chi connectivity index (χ3v) is 5.60. The average molecular weight is 359 g/mol. The van der Waals surface area contributed by atoms with E-state index < -0.39 is 0 Å². The van der Waals surface area contributed by atoms with E-state index >= 15 is 0 Å². The zero-order valence-corrected chi connectivity index (χ0v) is 15.8. The van der Waals surface area contributed by atoms with Gasteiger partial charge in [-0.25, -0.2) is 0 Å². The number of aryl methyl sites for hydroxylation is 2. The second kappa shape index (κ2) is 8.52. The van der Waals surface area contributed by atoms with Crippen LogP contribution < -0.4 is 5.32 Å². The number of carbonyl (C=O) groups excluding carboxylic acids is 1. The Hall–Kier alpha value is -1.82. The summed E-state index contributed by atoms with van der Waals surface area (Å²) in [6, 6.07) is 8.42. The van der Waals surface area contributed by atoms with Gasteiger partial charge in [-0.2, -0.15) is 0 Å². The zero-order valence-electron chi connectivity index (χ0n) is 15.0. The lowest BCUT2D eigenvalue weighted by atomic mass is 10.0. The topological polar surface area (TPSA) is 59.8 Å².